The molecule has 0 bridgehead atoms. The van der Waals surface area contributed by atoms with Gasteiger partial charge in [-0.15, -0.1) is 13.2 Å². The molecule has 0 unspecified atom stereocenters. The van der Waals surface area contributed by atoms with Crippen molar-refractivity contribution in [3.63, 3.8) is 0 Å². The van der Waals surface area contributed by atoms with Crippen LogP contribution in [-0.2, 0) is 0 Å². The Bertz CT molecular complexity index is 1270. The Kier molecular flexibility index (Phi) is 9.84. The van der Waals surface area contributed by atoms with Crippen LogP contribution in [0.15, 0.2) is 72.8 Å². The highest BCUT2D eigenvalue weighted by molar-refractivity contribution is 5.80. The second-order valence-corrected chi connectivity index (χ2v) is 8.36. The van der Waals surface area contributed by atoms with Crippen molar-refractivity contribution in [1.82, 2.24) is 0 Å². The van der Waals surface area contributed by atoms with Crippen molar-refractivity contribution < 1.29 is 63.2 Å². The molecule has 1 atom stereocenters. The maximum Gasteiger partial charge on any atom is 0.573 e. The number of rotatable bonds is 7. The van der Waals surface area contributed by atoms with Crippen molar-refractivity contribution in [1.29, 1.82) is 0 Å². The first-order valence-corrected chi connectivity index (χ1v) is 11.6. The lowest BCUT2D eigenvalue weighted by Gasteiger charge is -2.34. The van der Waals surface area contributed by atoms with Gasteiger partial charge in [0.1, 0.15) is 18.1 Å². The third kappa shape index (κ3) is 9.06. The Balaban J connectivity index is 0.000000298. The van der Waals surface area contributed by atoms with Crippen LogP contribution in [0.2, 0.25) is 0 Å². The predicted octanol–water partition coefficient (Wildman–Crippen LogP) is 7.30. The van der Waals surface area contributed by atoms with Crippen molar-refractivity contribution in [2.24, 2.45) is 0 Å². The molecule has 3 aromatic carbocycles. The van der Waals surface area contributed by atoms with Crippen LogP contribution < -0.4 is 19.1 Å². The molecule has 0 fully saturated rings. The monoisotopic (exact) mass is 601 g/mol. The molecule has 1 aliphatic heterocycles. The molecular formula is C26H21F10NO4. The van der Waals surface area contributed by atoms with Crippen LogP contribution in [0.5, 0.6) is 17.2 Å². The van der Waals surface area contributed by atoms with Crippen molar-refractivity contribution in [2.75, 3.05) is 24.6 Å². The minimum atomic E-state index is -4.85. The van der Waals surface area contributed by atoms with E-state index in [0.717, 1.165) is 12.1 Å². The molecule has 0 aromatic heterocycles. The number of halogens is 10. The van der Waals surface area contributed by atoms with Crippen LogP contribution in [0.1, 0.15) is 0 Å². The van der Waals surface area contributed by atoms with Gasteiger partial charge in [0, 0.05) is 5.56 Å². The zero-order chi connectivity index (χ0) is 30.4. The molecule has 41 heavy (non-hydrogen) atoms. The van der Waals surface area contributed by atoms with Crippen LogP contribution in [0, 0.1) is 0 Å². The van der Waals surface area contributed by atoms with Crippen molar-refractivity contribution in [2.45, 2.75) is 31.2 Å². The van der Waals surface area contributed by atoms with Gasteiger partial charge in [0.25, 0.3) is 0 Å². The zero-order valence-electron chi connectivity index (χ0n) is 20.6. The van der Waals surface area contributed by atoms with Gasteiger partial charge in [-0.3, -0.25) is 0 Å². The molecule has 1 heterocycles. The van der Waals surface area contributed by atoms with E-state index >= 15 is 0 Å². The van der Waals surface area contributed by atoms with Gasteiger partial charge in [0.15, 0.2) is 11.9 Å². The fourth-order valence-electron chi connectivity index (χ4n) is 3.58. The summed E-state index contributed by atoms with van der Waals surface area (Å²) in [6.45, 7) is -0.491. The van der Waals surface area contributed by atoms with Gasteiger partial charge in [-0.2, -0.15) is 30.7 Å². The number of nitrogens with zero attached hydrogens (tertiary/aromatic N) is 1. The van der Waals surface area contributed by atoms with Crippen LogP contribution in [-0.4, -0.2) is 56.0 Å². The molecule has 0 radical (unpaired) electrons. The highest BCUT2D eigenvalue weighted by Gasteiger charge is 2.44. The van der Waals surface area contributed by atoms with E-state index < -0.39 is 43.5 Å². The van der Waals surface area contributed by atoms with Gasteiger partial charge < -0.3 is 24.2 Å². The predicted molar refractivity (Wildman–Crippen MR) is 126 cm³/mol. The summed E-state index contributed by atoms with van der Waals surface area (Å²) in [7, 11) is 0. The number of aliphatic hydroxyl groups is 1. The van der Waals surface area contributed by atoms with E-state index in [1.807, 2.05) is 0 Å². The Morgan fingerprint density at radius 1 is 0.805 bits per heavy atom. The van der Waals surface area contributed by atoms with E-state index in [0.29, 0.717) is 16.8 Å². The van der Waals surface area contributed by atoms with Gasteiger partial charge in [0.05, 0.1) is 18.8 Å². The lowest BCUT2D eigenvalue weighted by molar-refractivity contribution is -0.274. The summed E-state index contributed by atoms with van der Waals surface area (Å²) < 4.78 is 136. The number of hydrogen-bond donors (Lipinski definition) is 1. The molecule has 15 heteroatoms. The second-order valence-electron chi connectivity index (χ2n) is 8.36. The molecule has 1 aliphatic rings. The largest absolute Gasteiger partial charge is 0.573 e. The van der Waals surface area contributed by atoms with E-state index in [4.69, 9.17) is 4.74 Å². The normalized spacial score (nSPS) is 14.4. The Hall–Kier alpha value is -3.88. The molecule has 1 N–H and O–H groups in total. The molecule has 224 valence electrons. The van der Waals surface area contributed by atoms with Gasteiger partial charge >= 0.3 is 25.1 Å². The maximum absolute atomic E-state index is 12.7. The summed E-state index contributed by atoms with van der Waals surface area (Å²) in [4.78, 5) is 1.33. The van der Waals surface area contributed by atoms with Gasteiger partial charge in [-0.25, -0.2) is 0 Å². The summed E-state index contributed by atoms with van der Waals surface area (Å²) in [5.41, 5.74) is 1.06. The van der Waals surface area contributed by atoms with E-state index in [2.05, 4.69) is 9.47 Å². The third-order valence-electron chi connectivity index (χ3n) is 5.34. The van der Waals surface area contributed by atoms with Crippen molar-refractivity contribution >= 4 is 5.69 Å². The minimum absolute atomic E-state index is 0.0628. The Morgan fingerprint density at radius 2 is 1.44 bits per heavy atom. The number of alkyl halides is 10. The molecule has 3 aromatic rings. The highest BCUT2D eigenvalue weighted by atomic mass is 19.4. The first-order valence-electron chi connectivity index (χ1n) is 11.6. The Morgan fingerprint density at radius 3 is 2.05 bits per heavy atom. The van der Waals surface area contributed by atoms with E-state index in [9.17, 15) is 49.0 Å². The minimum Gasteiger partial charge on any atom is -0.489 e. The number of β-amino-alcohol motifs (C(OH)–C–C–N with tert-alkyl or cyclic N) is 1. The first kappa shape index (κ1) is 31.6. The van der Waals surface area contributed by atoms with Gasteiger partial charge in [0.2, 0.25) is 0 Å². The van der Waals surface area contributed by atoms with E-state index in [1.54, 1.807) is 18.2 Å². The van der Waals surface area contributed by atoms with E-state index in [1.165, 1.54) is 47.4 Å². The quantitative estimate of drug-likeness (QED) is 0.288. The highest BCUT2D eigenvalue weighted by Crippen LogP contribution is 2.42. The number of aliphatic hydroxyl groups excluding tert-OH is 1. The summed E-state index contributed by atoms with van der Waals surface area (Å²) in [6, 6.07) is 16.6. The van der Waals surface area contributed by atoms with Crippen LogP contribution in [0.4, 0.5) is 49.6 Å². The summed E-state index contributed by atoms with van der Waals surface area (Å²) in [5, 5.41) is 9.36. The fourth-order valence-corrected chi connectivity index (χ4v) is 3.58. The molecule has 0 saturated heterocycles. The summed E-state index contributed by atoms with van der Waals surface area (Å²) in [6.07, 6.45) is -20.4. The van der Waals surface area contributed by atoms with E-state index in [-0.39, 0.29) is 24.7 Å². The molecular weight excluding hydrogens is 580 g/mol. The standard InChI is InChI=1S/C18H15F6NO3.C8H6F4O/c19-17(20,21)15(26)10-25-7-8-27-16-13(5-2-6-14(16)25)11-3-1-4-12(9-11)28-18(22,23)24;9-7(10)8(11,12)13-6-4-2-1-3-5-6/h1-6,9,15,26H,7-8,10H2;1-5,7H/t15-;/m0./s1. The topological polar surface area (TPSA) is 51.2 Å². The number of ether oxygens (including phenoxy) is 3. The SMILES string of the molecule is FC(F)C(F)(F)Oc1ccccc1.O[C@@H](CN1CCOc2c(-c3cccc(OC(F)(F)F)c3)cccc21)C(F)(F)F. The number of anilines is 1. The molecule has 0 amide bonds. The Labute approximate surface area is 226 Å². The van der Waals surface area contributed by atoms with Crippen molar-refractivity contribution in [3.05, 3.63) is 72.8 Å². The molecule has 0 spiro atoms. The molecule has 4 rings (SSSR count). The summed E-state index contributed by atoms with van der Waals surface area (Å²) >= 11 is 0. The second kappa shape index (κ2) is 12.7. The average Bonchev–Trinajstić information content (AvgIpc) is 2.88. The van der Waals surface area contributed by atoms with Crippen LogP contribution in [0.3, 0.4) is 0 Å². The number of benzene rings is 3. The lowest BCUT2D eigenvalue weighted by atomic mass is 10.0. The average molecular weight is 601 g/mol. The number of fused-ring (bicyclic) bond motifs is 1. The molecule has 5 nitrogen and oxygen atoms in total. The lowest BCUT2D eigenvalue weighted by Crippen LogP contribution is -2.44. The number of para-hydroxylation sites is 2. The van der Waals surface area contributed by atoms with Crippen molar-refractivity contribution in [3.8, 4) is 28.4 Å². The fraction of sp³-hybridized carbons (Fsp3) is 0.308. The molecule has 0 aliphatic carbocycles. The van der Waals surface area contributed by atoms with Gasteiger partial charge in [-0.1, -0.05) is 42.5 Å². The van der Waals surface area contributed by atoms with Crippen LogP contribution >= 0.6 is 0 Å². The smallest absolute Gasteiger partial charge is 0.489 e. The molecule has 0 saturated carbocycles. The van der Waals surface area contributed by atoms with Gasteiger partial charge in [-0.05, 0) is 35.9 Å². The maximum atomic E-state index is 12.7. The first-order chi connectivity index (χ1) is 19.1. The number of hydrogen-bond acceptors (Lipinski definition) is 5. The van der Waals surface area contributed by atoms with Crippen LogP contribution in [0.25, 0.3) is 11.1 Å². The summed E-state index contributed by atoms with van der Waals surface area (Å²) in [5.74, 6) is -0.483. The zero-order valence-corrected chi connectivity index (χ0v) is 20.6. The third-order valence-corrected chi connectivity index (χ3v) is 5.34.